The molecule has 1 fully saturated rings. The van der Waals surface area contributed by atoms with Crippen LogP contribution in [-0.4, -0.2) is 41.1 Å². The molecule has 0 radical (unpaired) electrons. The van der Waals surface area contributed by atoms with Crippen LogP contribution in [0.4, 0.5) is 11.4 Å². The van der Waals surface area contributed by atoms with Gasteiger partial charge in [-0.25, -0.2) is 0 Å². The molecule has 1 amide bonds. The Morgan fingerprint density at radius 1 is 1.16 bits per heavy atom. The van der Waals surface area contributed by atoms with E-state index in [2.05, 4.69) is 46.7 Å². The predicted octanol–water partition coefficient (Wildman–Crippen LogP) is 2.69. The fourth-order valence-corrected chi connectivity index (χ4v) is 3.36. The van der Waals surface area contributed by atoms with E-state index in [0.29, 0.717) is 17.8 Å². The molecule has 2 atom stereocenters. The second-order valence-electron chi connectivity index (χ2n) is 6.63. The van der Waals surface area contributed by atoms with E-state index in [9.17, 15) is 4.79 Å². The molecule has 2 unspecified atom stereocenters. The van der Waals surface area contributed by atoms with Crippen LogP contribution in [-0.2, 0) is 11.3 Å². The normalized spacial score (nSPS) is 20.4. The fourth-order valence-electron chi connectivity index (χ4n) is 3.36. The Bertz CT molecular complexity index is 705. The van der Waals surface area contributed by atoms with Crippen LogP contribution < -0.4 is 10.6 Å². The maximum absolute atomic E-state index is 11.3. The van der Waals surface area contributed by atoms with E-state index in [-0.39, 0.29) is 0 Å². The van der Waals surface area contributed by atoms with Gasteiger partial charge in [0, 0.05) is 36.5 Å². The highest BCUT2D eigenvalue weighted by atomic mass is 16.3. The molecule has 1 aliphatic heterocycles. The van der Waals surface area contributed by atoms with Gasteiger partial charge in [-0.3, -0.25) is 9.69 Å². The average molecular weight is 339 g/mol. The van der Waals surface area contributed by atoms with Crippen molar-refractivity contribution < 1.29 is 9.90 Å². The van der Waals surface area contributed by atoms with Crippen LogP contribution in [0.1, 0.15) is 18.9 Å². The number of rotatable bonds is 6. The minimum absolute atomic E-state index is 0.377. The molecular formula is C20H25N3O2. The maximum atomic E-state index is 11.3. The molecule has 0 saturated carbocycles. The van der Waals surface area contributed by atoms with Crippen LogP contribution in [0, 0.1) is 0 Å². The SMILES string of the molecule is CC1CC(Nc2cccc(NC(=O)CO)c2)CN1Cc1ccccc1. The Morgan fingerprint density at radius 2 is 1.92 bits per heavy atom. The number of aliphatic hydroxyl groups excluding tert-OH is 1. The van der Waals surface area contributed by atoms with E-state index < -0.39 is 12.5 Å². The van der Waals surface area contributed by atoms with E-state index in [4.69, 9.17) is 5.11 Å². The third-order valence-electron chi connectivity index (χ3n) is 4.59. The van der Waals surface area contributed by atoms with Crippen molar-refractivity contribution in [1.29, 1.82) is 0 Å². The van der Waals surface area contributed by atoms with Crippen LogP contribution in [0.2, 0.25) is 0 Å². The van der Waals surface area contributed by atoms with Crippen molar-refractivity contribution in [1.82, 2.24) is 4.90 Å². The molecule has 0 aromatic heterocycles. The molecule has 25 heavy (non-hydrogen) atoms. The lowest BCUT2D eigenvalue weighted by Gasteiger charge is -2.21. The molecule has 0 bridgehead atoms. The summed E-state index contributed by atoms with van der Waals surface area (Å²) in [6, 6.07) is 19.1. The summed E-state index contributed by atoms with van der Waals surface area (Å²) in [7, 11) is 0. The molecular weight excluding hydrogens is 314 g/mol. The van der Waals surface area contributed by atoms with Crippen LogP contribution >= 0.6 is 0 Å². The van der Waals surface area contributed by atoms with Gasteiger partial charge in [-0.05, 0) is 37.1 Å². The van der Waals surface area contributed by atoms with Crippen LogP contribution in [0.15, 0.2) is 54.6 Å². The number of carbonyl (C=O) groups excluding carboxylic acids is 1. The van der Waals surface area contributed by atoms with Gasteiger partial charge in [-0.1, -0.05) is 36.4 Å². The van der Waals surface area contributed by atoms with Gasteiger partial charge in [0.1, 0.15) is 6.61 Å². The highest BCUT2D eigenvalue weighted by molar-refractivity contribution is 5.91. The molecule has 1 saturated heterocycles. The zero-order valence-electron chi connectivity index (χ0n) is 14.5. The molecule has 5 nitrogen and oxygen atoms in total. The second kappa shape index (κ2) is 8.14. The number of benzene rings is 2. The van der Waals surface area contributed by atoms with Crippen LogP contribution in [0.25, 0.3) is 0 Å². The molecule has 132 valence electrons. The van der Waals surface area contributed by atoms with Crippen LogP contribution in [0.3, 0.4) is 0 Å². The van der Waals surface area contributed by atoms with E-state index >= 15 is 0 Å². The first-order valence-electron chi connectivity index (χ1n) is 8.69. The number of nitrogens with zero attached hydrogens (tertiary/aromatic N) is 1. The minimum atomic E-state index is -0.508. The molecule has 2 aromatic rings. The van der Waals surface area contributed by atoms with Crippen molar-refractivity contribution in [3.8, 4) is 0 Å². The van der Waals surface area contributed by atoms with Gasteiger partial charge in [0.25, 0.3) is 0 Å². The third kappa shape index (κ3) is 4.81. The van der Waals surface area contributed by atoms with Gasteiger partial charge >= 0.3 is 0 Å². The number of carbonyl (C=O) groups is 1. The molecule has 3 N–H and O–H groups in total. The highest BCUT2D eigenvalue weighted by Gasteiger charge is 2.28. The number of hydrogen-bond donors (Lipinski definition) is 3. The summed E-state index contributed by atoms with van der Waals surface area (Å²) in [4.78, 5) is 13.8. The van der Waals surface area contributed by atoms with E-state index in [1.807, 2.05) is 30.3 Å². The summed E-state index contributed by atoms with van der Waals surface area (Å²) in [5, 5.41) is 15.1. The van der Waals surface area contributed by atoms with Crippen molar-refractivity contribution in [3.05, 3.63) is 60.2 Å². The first kappa shape index (κ1) is 17.5. The van der Waals surface area contributed by atoms with E-state index in [1.165, 1.54) is 5.56 Å². The summed E-state index contributed by atoms with van der Waals surface area (Å²) in [6.07, 6.45) is 1.08. The fraction of sp³-hybridized carbons (Fsp3) is 0.350. The molecule has 2 aromatic carbocycles. The first-order chi connectivity index (χ1) is 12.1. The van der Waals surface area contributed by atoms with Crippen molar-refractivity contribution in [2.24, 2.45) is 0 Å². The van der Waals surface area contributed by atoms with Gasteiger partial charge < -0.3 is 15.7 Å². The summed E-state index contributed by atoms with van der Waals surface area (Å²) in [6.45, 7) is 3.71. The predicted molar refractivity (Wildman–Crippen MR) is 100 cm³/mol. The van der Waals surface area contributed by atoms with E-state index in [1.54, 1.807) is 0 Å². The number of aliphatic hydroxyl groups is 1. The summed E-state index contributed by atoms with van der Waals surface area (Å²) in [5.41, 5.74) is 3.01. The topological polar surface area (TPSA) is 64.6 Å². The Morgan fingerprint density at radius 3 is 2.68 bits per heavy atom. The third-order valence-corrected chi connectivity index (χ3v) is 4.59. The lowest BCUT2D eigenvalue weighted by Crippen LogP contribution is -2.28. The van der Waals surface area contributed by atoms with Gasteiger partial charge in [0.15, 0.2) is 0 Å². The Hall–Kier alpha value is -2.37. The first-order valence-corrected chi connectivity index (χ1v) is 8.69. The van der Waals surface area contributed by atoms with Gasteiger partial charge in [-0.15, -0.1) is 0 Å². The Kier molecular flexibility index (Phi) is 5.68. The van der Waals surface area contributed by atoms with Crippen molar-refractivity contribution in [3.63, 3.8) is 0 Å². The summed E-state index contributed by atoms with van der Waals surface area (Å²) < 4.78 is 0. The summed E-state index contributed by atoms with van der Waals surface area (Å²) in [5.74, 6) is -0.402. The van der Waals surface area contributed by atoms with Crippen LogP contribution in [0.5, 0.6) is 0 Å². The van der Waals surface area contributed by atoms with Gasteiger partial charge in [0.05, 0.1) is 0 Å². The molecule has 3 rings (SSSR count). The number of nitrogens with one attached hydrogen (secondary N) is 2. The smallest absolute Gasteiger partial charge is 0.250 e. The van der Waals surface area contributed by atoms with Gasteiger partial charge in [-0.2, -0.15) is 0 Å². The Labute approximate surface area is 148 Å². The monoisotopic (exact) mass is 339 g/mol. The van der Waals surface area contributed by atoms with Crippen molar-refractivity contribution in [2.45, 2.75) is 32.0 Å². The molecule has 0 spiro atoms. The second-order valence-corrected chi connectivity index (χ2v) is 6.63. The number of anilines is 2. The molecule has 0 aliphatic carbocycles. The molecule has 1 aliphatic rings. The van der Waals surface area contributed by atoms with E-state index in [0.717, 1.165) is 25.2 Å². The maximum Gasteiger partial charge on any atom is 0.250 e. The number of likely N-dealkylation sites (tertiary alicyclic amines) is 1. The summed E-state index contributed by atoms with van der Waals surface area (Å²) >= 11 is 0. The largest absolute Gasteiger partial charge is 0.387 e. The zero-order valence-corrected chi connectivity index (χ0v) is 14.5. The quantitative estimate of drug-likeness (QED) is 0.757. The average Bonchev–Trinajstić information content (AvgIpc) is 2.95. The highest BCUT2D eigenvalue weighted by Crippen LogP contribution is 2.24. The lowest BCUT2D eigenvalue weighted by atomic mass is 10.1. The minimum Gasteiger partial charge on any atom is -0.387 e. The molecule has 1 heterocycles. The molecule has 5 heteroatoms. The van der Waals surface area contributed by atoms with Crippen molar-refractivity contribution in [2.75, 3.05) is 23.8 Å². The van der Waals surface area contributed by atoms with Gasteiger partial charge in [0.2, 0.25) is 5.91 Å². The zero-order chi connectivity index (χ0) is 17.6. The standard InChI is InChI=1S/C20H25N3O2/c1-15-10-19(13-23(15)12-16-6-3-2-4-7-16)21-17-8-5-9-18(11-17)22-20(25)14-24/h2-9,11,15,19,21,24H,10,12-14H2,1H3,(H,22,25). The lowest BCUT2D eigenvalue weighted by molar-refractivity contribution is -0.118. The van der Waals surface area contributed by atoms with Crippen molar-refractivity contribution >= 4 is 17.3 Å². The number of amides is 1. The number of hydrogen-bond acceptors (Lipinski definition) is 4. The Balaban J connectivity index is 1.59.